The molecule has 0 atom stereocenters. The largest absolute Gasteiger partial charge is 0.497 e. The number of rotatable bonds is 9. The number of hydrogen-bond acceptors (Lipinski definition) is 5. The molecule has 124 valence electrons. The highest BCUT2D eigenvalue weighted by Crippen LogP contribution is 2.28. The molecule has 0 fully saturated rings. The predicted octanol–water partition coefficient (Wildman–Crippen LogP) is 3.63. The third-order valence-electron chi connectivity index (χ3n) is 3.34. The molecule has 2 N–H and O–H groups in total. The van der Waals surface area contributed by atoms with Gasteiger partial charge in [-0.25, -0.2) is 0 Å². The Morgan fingerprint density at radius 1 is 0.826 bits per heavy atom. The van der Waals surface area contributed by atoms with Gasteiger partial charge in [0.1, 0.15) is 17.2 Å². The second kappa shape index (κ2) is 8.78. The maximum atomic E-state index is 5.43. The first kappa shape index (κ1) is 16.8. The number of methoxy groups -OCH3 is 2. The highest BCUT2D eigenvalue weighted by atomic mass is 16.5. The Bertz CT molecular complexity index is 600. The molecule has 0 amide bonds. The van der Waals surface area contributed by atoms with Crippen molar-refractivity contribution in [2.45, 2.75) is 6.92 Å². The lowest BCUT2D eigenvalue weighted by Gasteiger charge is -2.13. The maximum Gasteiger partial charge on any atom is 0.142 e. The summed E-state index contributed by atoms with van der Waals surface area (Å²) in [5.41, 5.74) is 1.98. The minimum absolute atomic E-state index is 0.680. The quantitative estimate of drug-likeness (QED) is 0.692. The number of ether oxygens (including phenoxy) is 3. The molecule has 0 aliphatic heterocycles. The van der Waals surface area contributed by atoms with Crippen LogP contribution in [-0.4, -0.2) is 33.9 Å². The Kier molecular flexibility index (Phi) is 6.41. The van der Waals surface area contributed by atoms with Gasteiger partial charge in [-0.15, -0.1) is 0 Å². The lowest BCUT2D eigenvalue weighted by atomic mass is 10.2. The third-order valence-corrected chi connectivity index (χ3v) is 3.34. The molecular weight excluding hydrogens is 292 g/mol. The number of benzene rings is 2. The van der Waals surface area contributed by atoms with E-state index in [4.69, 9.17) is 14.2 Å². The molecule has 0 aliphatic rings. The standard InChI is InChI=1S/C18H24N2O3/c1-4-23-15-7-5-14(6-8-15)19-11-12-20-17-13-16(21-2)9-10-18(17)22-3/h5-10,13,19-20H,4,11-12H2,1-3H3. The fourth-order valence-corrected chi connectivity index (χ4v) is 2.19. The van der Waals surface area contributed by atoms with Crippen molar-refractivity contribution < 1.29 is 14.2 Å². The second-order valence-corrected chi connectivity index (χ2v) is 4.88. The lowest BCUT2D eigenvalue weighted by Crippen LogP contribution is -2.14. The highest BCUT2D eigenvalue weighted by Gasteiger charge is 2.04. The SMILES string of the molecule is CCOc1ccc(NCCNc2cc(OC)ccc2OC)cc1. The van der Waals surface area contributed by atoms with Crippen LogP contribution in [0.15, 0.2) is 42.5 Å². The van der Waals surface area contributed by atoms with Crippen LogP contribution in [0, 0.1) is 0 Å². The Labute approximate surface area is 137 Å². The van der Waals surface area contributed by atoms with Gasteiger partial charge in [0.15, 0.2) is 0 Å². The summed E-state index contributed by atoms with van der Waals surface area (Å²) in [5, 5.41) is 6.71. The summed E-state index contributed by atoms with van der Waals surface area (Å²) in [6.07, 6.45) is 0. The minimum Gasteiger partial charge on any atom is -0.497 e. The van der Waals surface area contributed by atoms with Crippen LogP contribution in [0.5, 0.6) is 17.2 Å². The van der Waals surface area contributed by atoms with Crippen molar-refractivity contribution in [2.24, 2.45) is 0 Å². The van der Waals surface area contributed by atoms with Crippen LogP contribution in [0.2, 0.25) is 0 Å². The van der Waals surface area contributed by atoms with Gasteiger partial charge in [0.25, 0.3) is 0 Å². The van der Waals surface area contributed by atoms with Gasteiger partial charge in [0.05, 0.1) is 26.5 Å². The van der Waals surface area contributed by atoms with Gasteiger partial charge >= 0.3 is 0 Å². The maximum absolute atomic E-state index is 5.43. The molecule has 0 aliphatic carbocycles. The summed E-state index contributed by atoms with van der Waals surface area (Å²) in [6, 6.07) is 13.6. The minimum atomic E-state index is 0.680. The fraction of sp³-hybridized carbons (Fsp3) is 0.333. The first-order chi connectivity index (χ1) is 11.3. The Hall–Kier alpha value is -2.56. The lowest BCUT2D eigenvalue weighted by molar-refractivity contribution is 0.340. The van der Waals surface area contributed by atoms with Crippen molar-refractivity contribution in [2.75, 3.05) is 44.5 Å². The summed E-state index contributed by atoms with van der Waals surface area (Å²) < 4.78 is 16.0. The van der Waals surface area contributed by atoms with Crippen LogP contribution < -0.4 is 24.8 Å². The molecule has 0 heterocycles. The number of anilines is 2. The molecule has 2 rings (SSSR count). The second-order valence-electron chi connectivity index (χ2n) is 4.88. The number of nitrogens with one attached hydrogen (secondary N) is 2. The average Bonchev–Trinajstić information content (AvgIpc) is 2.60. The topological polar surface area (TPSA) is 51.8 Å². The monoisotopic (exact) mass is 316 g/mol. The molecule has 0 radical (unpaired) electrons. The first-order valence-corrected chi connectivity index (χ1v) is 7.69. The van der Waals surface area contributed by atoms with E-state index in [0.717, 1.165) is 41.7 Å². The summed E-state index contributed by atoms with van der Waals surface area (Å²) in [7, 11) is 3.31. The molecule has 0 aromatic heterocycles. The predicted molar refractivity (Wildman–Crippen MR) is 94.1 cm³/mol. The van der Waals surface area contributed by atoms with Gasteiger partial charge in [-0.05, 0) is 43.3 Å². The van der Waals surface area contributed by atoms with Gasteiger partial charge in [-0.3, -0.25) is 0 Å². The molecule has 0 unspecified atom stereocenters. The van der Waals surface area contributed by atoms with Crippen molar-refractivity contribution in [1.82, 2.24) is 0 Å². The Morgan fingerprint density at radius 3 is 2.17 bits per heavy atom. The van der Waals surface area contributed by atoms with Crippen LogP contribution in [0.25, 0.3) is 0 Å². The van der Waals surface area contributed by atoms with Gasteiger partial charge in [0.2, 0.25) is 0 Å². The van der Waals surface area contributed by atoms with Crippen molar-refractivity contribution in [3.05, 3.63) is 42.5 Å². The van der Waals surface area contributed by atoms with Crippen molar-refractivity contribution in [1.29, 1.82) is 0 Å². The Balaban J connectivity index is 1.83. The van der Waals surface area contributed by atoms with E-state index < -0.39 is 0 Å². The van der Waals surface area contributed by atoms with Gasteiger partial charge < -0.3 is 24.8 Å². The van der Waals surface area contributed by atoms with Crippen LogP contribution in [0.4, 0.5) is 11.4 Å². The molecule has 5 nitrogen and oxygen atoms in total. The summed E-state index contributed by atoms with van der Waals surface area (Å²) in [5.74, 6) is 2.48. The zero-order valence-corrected chi connectivity index (χ0v) is 13.9. The van der Waals surface area contributed by atoms with E-state index in [1.165, 1.54) is 0 Å². The van der Waals surface area contributed by atoms with E-state index in [1.54, 1.807) is 14.2 Å². The van der Waals surface area contributed by atoms with E-state index in [1.807, 2.05) is 49.4 Å². The van der Waals surface area contributed by atoms with Crippen LogP contribution in [-0.2, 0) is 0 Å². The van der Waals surface area contributed by atoms with Gasteiger partial charge in [-0.2, -0.15) is 0 Å². The third kappa shape index (κ3) is 4.98. The van der Waals surface area contributed by atoms with Gasteiger partial charge in [-0.1, -0.05) is 0 Å². The van der Waals surface area contributed by atoms with E-state index >= 15 is 0 Å². The van der Waals surface area contributed by atoms with E-state index in [2.05, 4.69) is 10.6 Å². The molecule has 0 bridgehead atoms. The summed E-state index contributed by atoms with van der Waals surface area (Å²) in [6.45, 7) is 4.20. The molecule has 0 spiro atoms. The van der Waals surface area contributed by atoms with E-state index in [-0.39, 0.29) is 0 Å². The first-order valence-electron chi connectivity index (χ1n) is 7.69. The van der Waals surface area contributed by atoms with E-state index in [9.17, 15) is 0 Å². The normalized spacial score (nSPS) is 10.0. The number of hydrogen-bond donors (Lipinski definition) is 2. The molecule has 2 aromatic carbocycles. The highest BCUT2D eigenvalue weighted by molar-refractivity contribution is 5.60. The van der Waals surface area contributed by atoms with E-state index in [0.29, 0.717) is 6.61 Å². The smallest absolute Gasteiger partial charge is 0.142 e. The molecule has 5 heteroatoms. The van der Waals surface area contributed by atoms with Crippen LogP contribution in [0.3, 0.4) is 0 Å². The molecule has 0 saturated carbocycles. The zero-order chi connectivity index (χ0) is 16.5. The average molecular weight is 316 g/mol. The molecular formula is C18H24N2O3. The Morgan fingerprint density at radius 2 is 1.52 bits per heavy atom. The van der Waals surface area contributed by atoms with Crippen molar-refractivity contribution >= 4 is 11.4 Å². The zero-order valence-electron chi connectivity index (χ0n) is 13.9. The van der Waals surface area contributed by atoms with Crippen LogP contribution in [0.1, 0.15) is 6.92 Å². The van der Waals surface area contributed by atoms with Gasteiger partial charge in [0, 0.05) is 24.8 Å². The van der Waals surface area contributed by atoms with Crippen molar-refractivity contribution in [3.8, 4) is 17.2 Å². The van der Waals surface area contributed by atoms with Crippen molar-refractivity contribution in [3.63, 3.8) is 0 Å². The van der Waals surface area contributed by atoms with Crippen LogP contribution >= 0.6 is 0 Å². The molecule has 23 heavy (non-hydrogen) atoms. The molecule has 0 saturated heterocycles. The summed E-state index contributed by atoms with van der Waals surface area (Å²) in [4.78, 5) is 0. The fourth-order valence-electron chi connectivity index (χ4n) is 2.19. The molecule has 2 aromatic rings. The summed E-state index contributed by atoms with van der Waals surface area (Å²) >= 11 is 0.